The minimum absolute atomic E-state index is 0.00978. The summed E-state index contributed by atoms with van der Waals surface area (Å²) in [6, 6.07) is 5.19. The van der Waals surface area contributed by atoms with Crippen molar-refractivity contribution in [2.75, 3.05) is 17.3 Å². The number of fused-ring (bicyclic) bond motifs is 1. The lowest BCUT2D eigenvalue weighted by Gasteiger charge is -2.50. The van der Waals surface area contributed by atoms with Crippen LogP contribution in [0.2, 0.25) is 10.3 Å². The highest BCUT2D eigenvalue weighted by molar-refractivity contribution is 8.01. The number of thioether (sulfide) groups is 3. The first-order valence-electron chi connectivity index (χ1n) is 12.3. The molecule has 4 heterocycles. The van der Waals surface area contributed by atoms with Gasteiger partial charge in [0.2, 0.25) is 5.91 Å². The Balaban J connectivity index is 1.31. The molecule has 218 valence electrons. The quantitative estimate of drug-likeness (QED) is 0.122. The third-order valence-corrected chi connectivity index (χ3v) is 9.99. The van der Waals surface area contributed by atoms with E-state index in [9.17, 15) is 24.3 Å². The molecule has 0 unspecified atom stereocenters. The largest absolute Gasteiger partial charge is 0.543 e. The number of nitrogens with one attached hydrogen (secondary N) is 1. The van der Waals surface area contributed by atoms with E-state index in [1.807, 2.05) is 29.1 Å². The van der Waals surface area contributed by atoms with Crippen LogP contribution in [0.3, 0.4) is 0 Å². The standard InChI is InChI=1S/C25H25Cl2N5O6S3/c26-17-8-15(9-18(27)29-17)40-12-19(33)30-20-22(34)32-21(25(37)38)13(11-41-23(20)32)10-39-14-3-6-31(7-4-14)5-1-2-16(28)24(35)36/h3-4,6-9,16,20,23H,1-2,5,10-12,28H2,(H2-,30,33,35,36,37,38)/t16-,20+,23+/m0/s1. The molecule has 0 aromatic carbocycles. The van der Waals surface area contributed by atoms with Crippen molar-refractivity contribution in [1.82, 2.24) is 15.2 Å². The predicted molar refractivity (Wildman–Crippen MR) is 154 cm³/mol. The predicted octanol–water partition coefficient (Wildman–Crippen LogP) is 1.16. The number of rotatable bonds is 13. The van der Waals surface area contributed by atoms with Crippen LogP contribution in [0.25, 0.3) is 0 Å². The van der Waals surface area contributed by atoms with Gasteiger partial charge in [-0.1, -0.05) is 23.2 Å². The zero-order valence-corrected chi connectivity index (χ0v) is 25.3. The number of hydrogen-bond acceptors (Lipinski definition) is 10. The molecule has 3 atom stereocenters. The topological polar surface area (TPSA) is 170 Å². The number of aliphatic carboxylic acids is 2. The lowest BCUT2D eigenvalue weighted by molar-refractivity contribution is -0.697. The van der Waals surface area contributed by atoms with Gasteiger partial charge in [0.15, 0.2) is 12.4 Å². The van der Waals surface area contributed by atoms with E-state index in [4.69, 9.17) is 34.0 Å². The second kappa shape index (κ2) is 14.1. The fourth-order valence-electron chi connectivity index (χ4n) is 4.15. The van der Waals surface area contributed by atoms with Crippen LogP contribution in [-0.4, -0.2) is 73.5 Å². The van der Waals surface area contributed by atoms with Crippen molar-refractivity contribution < 1.29 is 34.0 Å². The third kappa shape index (κ3) is 8.08. The van der Waals surface area contributed by atoms with Crippen LogP contribution in [0.15, 0.2) is 57.7 Å². The number of nitrogens with two attached hydrogens (primary N) is 1. The number of amides is 2. The van der Waals surface area contributed by atoms with Gasteiger partial charge >= 0.3 is 5.97 Å². The maximum absolute atomic E-state index is 12.9. The van der Waals surface area contributed by atoms with E-state index < -0.39 is 35.3 Å². The molecule has 2 amide bonds. The number of hydrogen-bond donors (Lipinski definition) is 3. The summed E-state index contributed by atoms with van der Waals surface area (Å²) < 4.78 is 1.92. The normalized spacial score (nSPS) is 18.9. The van der Waals surface area contributed by atoms with Crippen LogP contribution in [-0.2, 0) is 25.7 Å². The zero-order chi connectivity index (χ0) is 29.7. The summed E-state index contributed by atoms with van der Waals surface area (Å²) in [5.41, 5.74) is 5.95. The number of aromatic nitrogens is 2. The van der Waals surface area contributed by atoms with E-state index >= 15 is 0 Å². The van der Waals surface area contributed by atoms with Crippen LogP contribution >= 0.6 is 58.5 Å². The third-order valence-electron chi connectivity index (χ3n) is 6.19. The first kappa shape index (κ1) is 31.4. The van der Waals surface area contributed by atoms with Crippen molar-refractivity contribution in [2.45, 2.75) is 46.6 Å². The van der Waals surface area contributed by atoms with Gasteiger partial charge in [-0.15, -0.1) is 35.3 Å². The summed E-state index contributed by atoms with van der Waals surface area (Å²) in [6.45, 7) is 0.615. The highest BCUT2D eigenvalue weighted by Crippen LogP contribution is 2.41. The van der Waals surface area contributed by atoms with Gasteiger partial charge < -0.3 is 26.1 Å². The minimum Gasteiger partial charge on any atom is -0.543 e. The number of aryl methyl sites for hydroxylation is 1. The zero-order valence-electron chi connectivity index (χ0n) is 21.3. The van der Waals surface area contributed by atoms with Crippen molar-refractivity contribution in [3.05, 3.63) is 58.2 Å². The molecule has 11 nitrogen and oxygen atoms in total. The lowest BCUT2D eigenvalue weighted by atomic mass is 10.0. The molecule has 1 saturated heterocycles. The molecule has 2 aliphatic rings. The first-order valence-corrected chi connectivity index (χ1v) is 16.0. The monoisotopic (exact) mass is 657 g/mol. The molecular formula is C25H25Cl2N5O6S3. The van der Waals surface area contributed by atoms with Crippen molar-refractivity contribution in [1.29, 1.82) is 0 Å². The molecule has 4 rings (SSSR count). The summed E-state index contributed by atoms with van der Waals surface area (Å²) in [6.07, 6.45) is 4.70. The molecule has 16 heteroatoms. The van der Waals surface area contributed by atoms with Gasteiger partial charge in [0.1, 0.15) is 34.3 Å². The first-order chi connectivity index (χ1) is 19.5. The second-order valence-electron chi connectivity index (χ2n) is 9.08. The van der Waals surface area contributed by atoms with E-state index in [2.05, 4.69) is 10.3 Å². The van der Waals surface area contributed by atoms with Gasteiger partial charge in [-0.05, 0) is 24.1 Å². The SMILES string of the molecule is N[C@@H](CCC[n+]1ccc(SCC2=C(C(=O)[O-])N3C(=O)[C@@H](NC(=O)CSc4cc(Cl)nc(Cl)c4)[C@H]3SC2)cc1)C(=O)O. The summed E-state index contributed by atoms with van der Waals surface area (Å²) in [4.78, 5) is 54.9. The number of pyridine rings is 2. The van der Waals surface area contributed by atoms with Gasteiger partial charge in [0.25, 0.3) is 5.91 Å². The van der Waals surface area contributed by atoms with Gasteiger partial charge in [-0.3, -0.25) is 19.3 Å². The number of carbonyl (C=O) groups is 4. The van der Waals surface area contributed by atoms with Gasteiger partial charge in [0.05, 0.1) is 17.4 Å². The Morgan fingerprint density at radius 1 is 1.22 bits per heavy atom. The molecule has 41 heavy (non-hydrogen) atoms. The molecule has 0 spiro atoms. The maximum Gasteiger partial charge on any atom is 0.320 e. The molecule has 2 aliphatic heterocycles. The molecule has 4 N–H and O–H groups in total. The van der Waals surface area contributed by atoms with E-state index in [-0.39, 0.29) is 27.7 Å². The van der Waals surface area contributed by atoms with Gasteiger partial charge in [0, 0.05) is 39.9 Å². The minimum atomic E-state index is -1.43. The highest BCUT2D eigenvalue weighted by Gasteiger charge is 2.52. The number of halogens is 2. The smallest absolute Gasteiger partial charge is 0.320 e. The Labute approximate surface area is 258 Å². The van der Waals surface area contributed by atoms with Gasteiger partial charge in [-0.2, -0.15) is 0 Å². The molecular weight excluding hydrogens is 633 g/mol. The average Bonchev–Trinajstić information content (AvgIpc) is 2.93. The van der Waals surface area contributed by atoms with Crippen LogP contribution < -0.4 is 20.7 Å². The molecule has 2 aromatic rings. The Kier molecular flexibility index (Phi) is 10.8. The lowest BCUT2D eigenvalue weighted by Crippen LogP contribution is -2.71. The van der Waals surface area contributed by atoms with E-state index in [1.165, 1.54) is 40.2 Å². The average molecular weight is 659 g/mol. The van der Waals surface area contributed by atoms with E-state index in [0.29, 0.717) is 41.4 Å². The highest BCUT2D eigenvalue weighted by atomic mass is 35.5. The molecule has 0 saturated carbocycles. The van der Waals surface area contributed by atoms with Crippen molar-refractivity contribution in [3.8, 4) is 0 Å². The van der Waals surface area contributed by atoms with Gasteiger partial charge in [-0.25, -0.2) is 9.55 Å². The Bertz CT molecular complexity index is 1360. The van der Waals surface area contributed by atoms with Crippen molar-refractivity contribution in [3.63, 3.8) is 0 Å². The number of nitrogens with zero attached hydrogens (tertiary/aromatic N) is 3. The van der Waals surface area contributed by atoms with Crippen LogP contribution in [0.5, 0.6) is 0 Å². The molecule has 0 radical (unpaired) electrons. The Morgan fingerprint density at radius 3 is 2.54 bits per heavy atom. The molecule has 1 fully saturated rings. The van der Waals surface area contributed by atoms with Crippen LogP contribution in [0.1, 0.15) is 12.8 Å². The van der Waals surface area contributed by atoms with E-state index in [0.717, 1.165) is 4.90 Å². The van der Waals surface area contributed by atoms with Crippen LogP contribution in [0.4, 0.5) is 0 Å². The van der Waals surface area contributed by atoms with Crippen LogP contribution in [0, 0.1) is 0 Å². The molecule has 2 aromatic heterocycles. The Hall–Kier alpha value is -2.49. The van der Waals surface area contributed by atoms with Crippen molar-refractivity contribution in [2.24, 2.45) is 5.73 Å². The molecule has 0 aliphatic carbocycles. The Morgan fingerprint density at radius 2 is 1.90 bits per heavy atom. The fourth-order valence-corrected chi connectivity index (χ4v) is 7.88. The summed E-state index contributed by atoms with van der Waals surface area (Å²) in [5, 5.41) is 23.5. The fraction of sp³-hybridized carbons (Fsp3) is 0.360. The van der Waals surface area contributed by atoms with Crippen molar-refractivity contribution >= 4 is 82.2 Å². The number of carbonyl (C=O) groups excluding carboxylic acids is 3. The summed E-state index contributed by atoms with van der Waals surface area (Å²) in [7, 11) is 0. The van der Waals surface area contributed by atoms with E-state index in [1.54, 1.807) is 12.1 Å². The second-order valence-corrected chi connectivity index (χ2v) is 13.1. The number of β-lactam (4-membered cyclic amide) rings is 1. The molecule has 0 bridgehead atoms. The summed E-state index contributed by atoms with van der Waals surface area (Å²) >= 11 is 15.8. The maximum atomic E-state index is 12.9. The summed E-state index contributed by atoms with van der Waals surface area (Å²) in [5.74, 6) is -2.62. The number of carboxylic acids is 2. The number of carboxylic acid groups (broad SMARTS) is 2.